The maximum Gasteiger partial charge on any atom is 0.338 e. The molecule has 0 bridgehead atoms. The van der Waals surface area contributed by atoms with E-state index >= 15 is 0 Å². The minimum atomic E-state index is -1.03. The summed E-state index contributed by atoms with van der Waals surface area (Å²) in [7, 11) is 1.35. The van der Waals surface area contributed by atoms with Gasteiger partial charge in [0.05, 0.1) is 29.6 Å². The van der Waals surface area contributed by atoms with E-state index in [2.05, 4.69) is 31.9 Å². The molecule has 0 aliphatic carbocycles. The molecule has 6 aromatic carbocycles. The number of carbonyl (C=O) groups excluding carboxylic acids is 1. The monoisotopic (exact) mass is 1030 g/mol. The number of nitrogens with two attached hydrogens (primary N) is 2. The quantitative estimate of drug-likeness (QED) is 0.0811. The van der Waals surface area contributed by atoms with Crippen LogP contribution in [0.15, 0.2) is 142 Å². The van der Waals surface area contributed by atoms with E-state index in [4.69, 9.17) is 25.7 Å². The molecular formula is C53H46Br2F2N4O6. The van der Waals surface area contributed by atoms with Gasteiger partial charge in [0.15, 0.2) is 0 Å². The summed E-state index contributed by atoms with van der Waals surface area (Å²) in [6.45, 7) is 7.98. The molecule has 0 spiro atoms. The molecule has 14 heteroatoms. The van der Waals surface area contributed by atoms with Gasteiger partial charge in [0, 0.05) is 54.2 Å². The number of aromatic nitrogens is 2. The number of nitrogen functional groups attached to an aromatic ring is 2. The number of esters is 1. The van der Waals surface area contributed by atoms with Crippen LogP contribution in [-0.2, 0) is 18.0 Å². The van der Waals surface area contributed by atoms with Crippen LogP contribution in [0.5, 0.6) is 11.5 Å². The summed E-state index contributed by atoms with van der Waals surface area (Å²) in [5.74, 6) is -0.749. The standard InChI is InChI=1S/C27H24BrFN2O3.C26H22BrFN2O3/c1-16-4-10-25(31(16)21-13-22(27(32)33-3)17(2)24(30)14-21)23-12-19(28)7-11-26(23)34-15-18-5-8-20(29)9-6-18;1-15-3-9-24(30(15)20-12-21(26(31)32)16(2)23(29)13-20)22-11-18(27)6-10-25(22)33-14-17-4-7-19(28)8-5-17/h4-14H,15,30H2,1-3H3;3-13H,14,29H2,1-2H3,(H,31,32). The molecule has 2 aromatic heterocycles. The summed E-state index contributed by atoms with van der Waals surface area (Å²) >= 11 is 7.09. The Bertz CT molecular complexity index is 3130. The predicted molar refractivity (Wildman–Crippen MR) is 265 cm³/mol. The van der Waals surface area contributed by atoms with Crippen LogP contribution in [0.2, 0.25) is 0 Å². The topological polar surface area (TPSA) is 144 Å². The van der Waals surface area contributed by atoms with Crippen LogP contribution in [0.4, 0.5) is 20.2 Å². The molecule has 8 aromatic rings. The number of aromatic carboxylic acids is 1. The first kappa shape index (κ1) is 47.8. The molecule has 0 saturated heterocycles. The van der Waals surface area contributed by atoms with E-state index < -0.39 is 11.9 Å². The van der Waals surface area contributed by atoms with Crippen molar-refractivity contribution in [2.24, 2.45) is 0 Å². The van der Waals surface area contributed by atoms with Gasteiger partial charge in [0.2, 0.25) is 0 Å². The summed E-state index contributed by atoms with van der Waals surface area (Å²) < 4.78 is 49.4. The van der Waals surface area contributed by atoms with Gasteiger partial charge in [0.25, 0.3) is 0 Å². The fourth-order valence-electron chi connectivity index (χ4n) is 7.57. The molecule has 342 valence electrons. The third-order valence-electron chi connectivity index (χ3n) is 11.2. The number of halogens is 4. The molecule has 8 rings (SSSR count). The Hall–Kier alpha value is -7.16. The highest BCUT2D eigenvalue weighted by Crippen LogP contribution is 2.39. The zero-order chi connectivity index (χ0) is 48.1. The van der Waals surface area contributed by atoms with Crippen LogP contribution in [-0.4, -0.2) is 33.3 Å². The van der Waals surface area contributed by atoms with Crippen molar-refractivity contribution in [2.45, 2.75) is 40.9 Å². The van der Waals surface area contributed by atoms with Gasteiger partial charge < -0.3 is 39.9 Å². The van der Waals surface area contributed by atoms with Crippen molar-refractivity contribution >= 4 is 55.2 Å². The molecule has 5 N–H and O–H groups in total. The Kier molecular flexibility index (Phi) is 14.7. The molecule has 0 amide bonds. The van der Waals surface area contributed by atoms with Crippen LogP contribution in [0.3, 0.4) is 0 Å². The number of hydrogen-bond donors (Lipinski definition) is 3. The number of carbonyl (C=O) groups is 2. The van der Waals surface area contributed by atoms with Crippen LogP contribution < -0.4 is 20.9 Å². The second-order valence-electron chi connectivity index (χ2n) is 15.7. The van der Waals surface area contributed by atoms with E-state index in [1.165, 1.54) is 31.4 Å². The Balaban J connectivity index is 0.000000199. The number of aryl methyl sites for hydroxylation is 2. The SMILES string of the molecule is COC(=O)c1cc(-n2c(C)ccc2-c2cc(Br)ccc2OCc2ccc(F)cc2)cc(N)c1C.Cc1c(N)cc(-n2c(C)ccc2-c2cc(Br)ccc2OCc2ccc(F)cc2)cc1C(=O)O. The number of carboxylic acids is 1. The Morgan fingerprint density at radius 3 is 1.37 bits per heavy atom. The number of ether oxygens (including phenoxy) is 3. The van der Waals surface area contributed by atoms with Crippen LogP contribution in [0, 0.1) is 39.3 Å². The number of carboxylic acid groups (broad SMARTS) is 1. The molecule has 67 heavy (non-hydrogen) atoms. The molecule has 0 radical (unpaired) electrons. The van der Waals surface area contributed by atoms with Gasteiger partial charge in [-0.25, -0.2) is 18.4 Å². The predicted octanol–water partition coefficient (Wildman–Crippen LogP) is 13.1. The van der Waals surface area contributed by atoms with E-state index in [0.717, 1.165) is 59.7 Å². The molecule has 0 atom stereocenters. The molecule has 0 fully saturated rings. The number of methoxy groups -OCH3 is 1. The van der Waals surface area contributed by atoms with E-state index in [0.29, 0.717) is 51.9 Å². The van der Waals surface area contributed by atoms with E-state index in [-0.39, 0.29) is 23.8 Å². The molecule has 0 aliphatic rings. The Morgan fingerprint density at radius 1 is 0.567 bits per heavy atom. The third kappa shape index (κ3) is 10.8. The lowest BCUT2D eigenvalue weighted by Gasteiger charge is -2.18. The molecular weight excluding hydrogens is 986 g/mol. The zero-order valence-electron chi connectivity index (χ0n) is 37.2. The summed E-state index contributed by atoms with van der Waals surface area (Å²) in [6, 6.07) is 38.8. The number of nitrogens with zero attached hydrogens (tertiary/aromatic N) is 2. The summed E-state index contributed by atoms with van der Waals surface area (Å²) in [4.78, 5) is 24.1. The lowest BCUT2D eigenvalue weighted by Crippen LogP contribution is -2.09. The summed E-state index contributed by atoms with van der Waals surface area (Å²) in [6.07, 6.45) is 0. The van der Waals surface area contributed by atoms with Gasteiger partial charge in [-0.15, -0.1) is 0 Å². The third-order valence-corrected chi connectivity index (χ3v) is 12.2. The summed E-state index contributed by atoms with van der Waals surface area (Å²) in [5, 5.41) is 9.63. The lowest BCUT2D eigenvalue weighted by molar-refractivity contribution is 0.0599. The summed E-state index contributed by atoms with van der Waals surface area (Å²) in [5.41, 5.74) is 23.4. The first-order valence-electron chi connectivity index (χ1n) is 20.9. The maximum atomic E-state index is 13.3. The molecule has 0 unspecified atom stereocenters. The second kappa shape index (κ2) is 20.6. The first-order chi connectivity index (χ1) is 32.0. The first-order valence-corrected chi connectivity index (χ1v) is 22.4. The van der Waals surface area contributed by atoms with Gasteiger partial charge >= 0.3 is 11.9 Å². The fraction of sp³-hybridized carbons (Fsp3) is 0.132. The minimum absolute atomic E-state index is 0.158. The van der Waals surface area contributed by atoms with Gasteiger partial charge in [-0.3, -0.25) is 0 Å². The van der Waals surface area contributed by atoms with E-state index in [1.807, 2.05) is 89.7 Å². The van der Waals surface area contributed by atoms with Crippen LogP contribution >= 0.6 is 31.9 Å². The highest BCUT2D eigenvalue weighted by Gasteiger charge is 2.21. The van der Waals surface area contributed by atoms with E-state index in [9.17, 15) is 23.5 Å². The number of rotatable bonds is 12. The van der Waals surface area contributed by atoms with Crippen molar-refractivity contribution in [3.63, 3.8) is 0 Å². The van der Waals surface area contributed by atoms with Crippen molar-refractivity contribution in [3.05, 3.63) is 199 Å². The second-order valence-corrected chi connectivity index (χ2v) is 17.5. The lowest BCUT2D eigenvalue weighted by atomic mass is 10.0. The van der Waals surface area contributed by atoms with Gasteiger partial charge in [-0.2, -0.15) is 0 Å². The van der Waals surface area contributed by atoms with Crippen molar-refractivity contribution < 1.29 is 37.7 Å². The smallest absolute Gasteiger partial charge is 0.338 e. The normalized spacial score (nSPS) is 10.9. The van der Waals surface area contributed by atoms with Gasteiger partial charge in [-0.05, 0) is 159 Å². The largest absolute Gasteiger partial charge is 0.488 e. The average Bonchev–Trinajstić information content (AvgIpc) is 3.89. The molecule has 10 nitrogen and oxygen atoms in total. The van der Waals surface area contributed by atoms with Gasteiger partial charge in [0.1, 0.15) is 36.3 Å². The van der Waals surface area contributed by atoms with Crippen LogP contribution in [0.1, 0.15) is 54.4 Å². The average molecular weight is 1030 g/mol. The Morgan fingerprint density at radius 2 is 0.970 bits per heavy atom. The van der Waals surface area contributed by atoms with Crippen molar-refractivity contribution in [2.75, 3.05) is 18.6 Å². The maximum absolute atomic E-state index is 13.3. The van der Waals surface area contributed by atoms with Crippen LogP contribution in [0.25, 0.3) is 33.9 Å². The van der Waals surface area contributed by atoms with Gasteiger partial charge in [-0.1, -0.05) is 56.1 Å². The zero-order valence-corrected chi connectivity index (χ0v) is 40.3. The fourth-order valence-corrected chi connectivity index (χ4v) is 8.29. The highest BCUT2D eigenvalue weighted by molar-refractivity contribution is 9.10. The highest BCUT2D eigenvalue weighted by atomic mass is 79.9. The van der Waals surface area contributed by atoms with E-state index in [1.54, 1.807) is 56.3 Å². The molecule has 0 saturated carbocycles. The van der Waals surface area contributed by atoms with Crippen molar-refractivity contribution in [1.82, 2.24) is 9.13 Å². The Labute approximate surface area is 403 Å². The van der Waals surface area contributed by atoms with Crippen molar-refractivity contribution in [3.8, 4) is 45.4 Å². The molecule has 2 heterocycles. The number of hydrogen-bond acceptors (Lipinski definition) is 7. The number of anilines is 2. The number of benzene rings is 6. The molecule has 0 aliphatic heterocycles. The van der Waals surface area contributed by atoms with Crippen molar-refractivity contribution in [1.29, 1.82) is 0 Å². The minimum Gasteiger partial charge on any atom is -0.488 e.